The molecular weight excluding hydrogens is 251 g/mol. The minimum absolute atomic E-state index is 0.0872. The highest BCUT2D eigenvalue weighted by molar-refractivity contribution is 6.18. The molecule has 2 unspecified atom stereocenters. The Morgan fingerprint density at radius 2 is 1.76 bits per heavy atom. The Kier molecular flexibility index (Phi) is 4.99. The number of benzene rings is 1. The number of halogens is 2. The minimum atomic E-state index is -1.41. The van der Waals surface area contributed by atoms with Gasteiger partial charge >= 0.3 is 0 Å². The summed E-state index contributed by atoms with van der Waals surface area (Å²) >= 11 is 5.39. The monoisotopic (exact) mass is 264 g/mol. The van der Waals surface area contributed by atoms with Crippen molar-refractivity contribution in [3.8, 4) is 11.5 Å². The summed E-state index contributed by atoms with van der Waals surface area (Å²) in [6.07, 6.45) is -2.66. The molecule has 1 aromatic carbocycles. The summed E-state index contributed by atoms with van der Waals surface area (Å²) in [7, 11) is 2.77. The van der Waals surface area contributed by atoms with Crippen molar-refractivity contribution in [2.75, 3.05) is 20.1 Å². The molecule has 0 saturated carbocycles. The van der Waals surface area contributed by atoms with E-state index in [0.717, 1.165) is 6.07 Å². The number of ether oxygens (including phenoxy) is 2. The maximum absolute atomic E-state index is 13.7. The molecule has 0 aliphatic rings. The van der Waals surface area contributed by atoms with Gasteiger partial charge in [0.15, 0.2) is 11.5 Å². The molecule has 4 nitrogen and oxygen atoms in total. The molecular formula is C11H14ClFO4. The average Bonchev–Trinajstić information content (AvgIpc) is 2.36. The van der Waals surface area contributed by atoms with Crippen LogP contribution in [0.4, 0.5) is 4.39 Å². The summed E-state index contributed by atoms with van der Waals surface area (Å²) in [5.74, 6) is -0.417. The first-order valence-electron chi connectivity index (χ1n) is 4.88. The van der Waals surface area contributed by atoms with Crippen LogP contribution in [0.2, 0.25) is 0 Å². The second-order valence-electron chi connectivity index (χ2n) is 3.40. The van der Waals surface area contributed by atoms with E-state index < -0.39 is 18.0 Å². The molecule has 0 aliphatic carbocycles. The van der Waals surface area contributed by atoms with Crippen LogP contribution in [0.5, 0.6) is 11.5 Å². The Bertz CT molecular complexity index is 386. The molecule has 0 heterocycles. The molecule has 1 aromatic rings. The van der Waals surface area contributed by atoms with Gasteiger partial charge in [-0.05, 0) is 6.07 Å². The van der Waals surface area contributed by atoms with E-state index in [4.69, 9.17) is 21.1 Å². The fraction of sp³-hybridized carbons (Fsp3) is 0.455. The van der Waals surface area contributed by atoms with Gasteiger partial charge in [0.05, 0.1) is 26.2 Å². The highest BCUT2D eigenvalue weighted by atomic mass is 35.5. The first kappa shape index (κ1) is 14.0. The number of rotatable bonds is 5. The smallest absolute Gasteiger partial charge is 0.163 e. The highest BCUT2D eigenvalue weighted by Gasteiger charge is 2.23. The maximum atomic E-state index is 13.7. The fourth-order valence-electron chi connectivity index (χ4n) is 1.39. The first-order valence-corrected chi connectivity index (χ1v) is 5.42. The van der Waals surface area contributed by atoms with Gasteiger partial charge in [-0.25, -0.2) is 4.39 Å². The number of methoxy groups -OCH3 is 2. The number of hydrogen-bond donors (Lipinski definition) is 2. The van der Waals surface area contributed by atoms with E-state index in [9.17, 15) is 14.6 Å². The molecule has 96 valence electrons. The molecule has 2 atom stereocenters. The van der Waals surface area contributed by atoms with E-state index in [0.29, 0.717) is 0 Å². The van der Waals surface area contributed by atoms with Gasteiger partial charge in [-0.3, -0.25) is 0 Å². The molecule has 0 saturated heterocycles. The lowest BCUT2D eigenvalue weighted by atomic mass is 10.0. The molecule has 0 spiro atoms. The van der Waals surface area contributed by atoms with Crippen molar-refractivity contribution in [3.63, 3.8) is 0 Å². The zero-order valence-electron chi connectivity index (χ0n) is 9.48. The molecule has 2 N–H and O–H groups in total. The third kappa shape index (κ3) is 3.00. The second-order valence-corrected chi connectivity index (χ2v) is 3.70. The molecule has 17 heavy (non-hydrogen) atoms. The lowest BCUT2D eigenvalue weighted by Gasteiger charge is -2.18. The van der Waals surface area contributed by atoms with Crippen molar-refractivity contribution in [2.24, 2.45) is 0 Å². The van der Waals surface area contributed by atoms with Crippen LogP contribution in [0, 0.1) is 5.82 Å². The normalized spacial score (nSPS) is 14.2. The quantitative estimate of drug-likeness (QED) is 0.791. The van der Waals surface area contributed by atoms with Crippen molar-refractivity contribution in [1.29, 1.82) is 0 Å². The van der Waals surface area contributed by atoms with Crippen LogP contribution in [0.15, 0.2) is 12.1 Å². The average molecular weight is 265 g/mol. The van der Waals surface area contributed by atoms with Crippen LogP contribution in [0.3, 0.4) is 0 Å². The summed E-state index contributed by atoms with van der Waals surface area (Å²) < 4.78 is 23.5. The summed E-state index contributed by atoms with van der Waals surface area (Å²) in [6, 6.07) is 2.35. The summed E-state index contributed by atoms with van der Waals surface area (Å²) in [5.41, 5.74) is -0.0872. The molecule has 1 rings (SSSR count). The van der Waals surface area contributed by atoms with Crippen LogP contribution in [0.1, 0.15) is 11.7 Å². The lowest BCUT2D eigenvalue weighted by Crippen LogP contribution is -2.20. The molecule has 0 fully saturated rings. The Hall–Kier alpha value is -1.04. The van der Waals surface area contributed by atoms with Crippen molar-refractivity contribution < 1.29 is 24.1 Å². The Morgan fingerprint density at radius 1 is 1.24 bits per heavy atom. The predicted octanol–water partition coefficient (Wildman–Crippen LogP) is 1.48. The van der Waals surface area contributed by atoms with Gasteiger partial charge in [-0.15, -0.1) is 11.6 Å². The lowest BCUT2D eigenvalue weighted by molar-refractivity contribution is 0.0303. The van der Waals surface area contributed by atoms with Crippen LogP contribution in [-0.4, -0.2) is 36.4 Å². The van der Waals surface area contributed by atoms with Gasteiger partial charge in [0.25, 0.3) is 0 Å². The van der Waals surface area contributed by atoms with Crippen LogP contribution in [0.25, 0.3) is 0 Å². The molecule has 0 bridgehead atoms. The topological polar surface area (TPSA) is 58.9 Å². The third-order valence-corrected chi connectivity index (χ3v) is 2.66. The molecule has 0 aromatic heterocycles. The van der Waals surface area contributed by atoms with Crippen molar-refractivity contribution >= 4 is 11.6 Å². The van der Waals surface area contributed by atoms with Gasteiger partial charge < -0.3 is 19.7 Å². The fourth-order valence-corrected chi connectivity index (χ4v) is 1.56. The Labute approximate surface area is 104 Å². The van der Waals surface area contributed by atoms with Gasteiger partial charge in [-0.1, -0.05) is 0 Å². The second kappa shape index (κ2) is 6.05. The standard InChI is InChI=1S/C11H14ClFO4/c1-16-9-3-6(11(15)8(14)5-12)7(13)4-10(9)17-2/h3-4,8,11,14-15H,5H2,1-2H3. The Balaban J connectivity index is 3.16. The van der Waals surface area contributed by atoms with Gasteiger partial charge in [-0.2, -0.15) is 0 Å². The van der Waals surface area contributed by atoms with Gasteiger partial charge in [0, 0.05) is 11.6 Å². The minimum Gasteiger partial charge on any atom is -0.493 e. The van der Waals surface area contributed by atoms with Crippen molar-refractivity contribution in [1.82, 2.24) is 0 Å². The summed E-state index contributed by atoms with van der Waals surface area (Å²) in [5, 5.41) is 19.1. The summed E-state index contributed by atoms with van der Waals surface area (Å²) in [4.78, 5) is 0. The van der Waals surface area contributed by atoms with E-state index in [2.05, 4.69) is 0 Å². The predicted molar refractivity (Wildman–Crippen MR) is 61.2 cm³/mol. The highest BCUT2D eigenvalue weighted by Crippen LogP contribution is 2.33. The zero-order valence-corrected chi connectivity index (χ0v) is 10.2. The van der Waals surface area contributed by atoms with Crippen LogP contribution < -0.4 is 9.47 Å². The zero-order chi connectivity index (χ0) is 13.0. The largest absolute Gasteiger partial charge is 0.493 e. The van der Waals surface area contributed by atoms with E-state index in [-0.39, 0.29) is 22.9 Å². The van der Waals surface area contributed by atoms with E-state index in [1.807, 2.05) is 0 Å². The van der Waals surface area contributed by atoms with Crippen LogP contribution in [-0.2, 0) is 0 Å². The number of aliphatic hydroxyl groups is 2. The van der Waals surface area contributed by atoms with Gasteiger partial charge in [0.2, 0.25) is 0 Å². The van der Waals surface area contributed by atoms with Crippen molar-refractivity contribution in [3.05, 3.63) is 23.5 Å². The van der Waals surface area contributed by atoms with Gasteiger partial charge in [0.1, 0.15) is 11.9 Å². The first-order chi connectivity index (χ1) is 8.04. The van der Waals surface area contributed by atoms with Crippen molar-refractivity contribution in [2.45, 2.75) is 12.2 Å². The molecule has 0 radical (unpaired) electrons. The van der Waals surface area contributed by atoms with Crippen LogP contribution >= 0.6 is 11.6 Å². The third-order valence-electron chi connectivity index (χ3n) is 2.34. The number of aliphatic hydroxyl groups excluding tert-OH is 2. The van der Waals surface area contributed by atoms with E-state index in [1.54, 1.807) is 0 Å². The molecule has 6 heteroatoms. The Morgan fingerprint density at radius 3 is 2.24 bits per heavy atom. The SMILES string of the molecule is COc1cc(F)c(C(O)C(O)CCl)cc1OC. The van der Waals surface area contributed by atoms with E-state index in [1.165, 1.54) is 20.3 Å². The molecule has 0 amide bonds. The van der Waals surface area contributed by atoms with E-state index >= 15 is 0 Å². The summed E-state index contributed by atoms with van der Waals surface area (Å²) in [6.45, 7) is 0. The number of hydrogen-bond acceptors (Lipinski definition) is 4. The maximum Gasteiger partial charge on any atom is 0.163 e. The number of alkyl halides is 1. The molecule has 0 aliphatic heterocycles.